The van der Waals surface area contributed by atoms with E-state index in [1.807, 2.05) is 0 Å². The van der Waals surface area contributed by atoms with Crippen LogP contribution < -0.4 is 34.9 Å². The minimum absolute atomic E-state index is 0. The molecule has 3 rings (SSSR count). The number of ether oxygens (including phenoxy) is 1. The molecule has 1 heterocycles. The van der Waals surface area contributed by atoms with E-state index in [0.717, 1.165) is 14.0 Å². The molecular formula is C13H13N2NaO7S. The molecule has 0 aromatic carbocycles. The Morgan fingerprint density at radius 3 is 2.12 bits per heavy atom. The van der Waals surface area contributed by atoms with Crippen molar-refractivity contribution in [1.82, 2.24) is 9.62 Å². The summed E-state index contributed by atoms with van der Waals surface area (Å²) in [4.78, 5) is 33.3. The number of fused-ring (bicyclic) bond motifs is 1. The van der Waals surface area contributed by atoms with E-state index in [1.165, 1.54) is 11.1 Å². The van der Waals surface area contributed by atoms with Crippen LogP contribution in [0.3, 0.4) is 0 Å². The number of hydrogen-bond donors (Lipinski definition) is 1. The second-order valence-corrected chi connectivity index (χ2v) is 6.07. The van der Waals surface area contributed by atoms with Crippen LogP contribution in [-0.2, 0) is 29.4 Å². The number of hydrogen-bond acceptors (Lipinski definition) is 7. The van der Waals surface area contributed by atoms with Gasteiger partial charge in [0.05, 0.1) is 7.11 Å². The Morgan fingerprint density at radius 1 is 1.29 bits per heavy atom. The zero-order valence-corrected chi connectivity index (χ0v) is 16.0. The molecular weight excluding hydrogens is 351 g/mol. The Hall–Kier alpha value is -1.46. The Labute approximate surface area is 160 Å². The smallest absolute Gasteiger partial charge is 0.731 e. The van der Waals surface area contributed by atoms with Crippen molar-refractivity contribution >= 4 is 28.1 Å². The standard InChI is InChI=1S/C7H10N2O7S.C6H4.Na/c1-3(10)8-4-5(7(12)16-2)9(6(4)11)17(13,14)15;1-2-5-4-6(5)3-1;/h4-5H,1-2H3,(H,8,10)(H,13,14,15);1-4H;/q;;+1/p-1. The van der Waals surface area contributed by atoms with Gasteiger partial charge in [0.2, 0.25) is 5.91 Å². The van der Waals surface area contributed by atoms with E-state index in [0.29, 0.717) is 0 Å². The molecule has 2 amide bonds. The predicted octanol–water partition coefficient (Wildman–Crippen LogP) is -3.99. The van der Waals surface area contributed by atoms with Gasteiger partial charge in [0.1, 0.15) is 6.04 Å². The Morgan fingerprint density at radius 2 is 1.83 bits per heavy atom. The number of methoxy groups -OCH3 is 1. The Bertz CT molecular complexity index is 763. The molecule has 0 bridgehead atoms. The van der Waals surface area contributed by atoms with E-state index in [4.69, 9.17) is 0 Å². The molecule has 1 fully saturated rings. The number of β-lactam (4-membered cyclic amide) rings is 1. The molecule has 0 spiro atoms. The zero-order chi connectivity index (χ0) is 17.4. The van der Waals surface area contributed by atoms with E-state index in [9.17, 15) is 27.4 Å². The van der Waals surface area contributed by atoms with Crippen molar-refractivity contribution in [2.45, 2.75) is 19.0 Å². The summed E-state index contributed by atoms with van der Waals surface area (Å²) >= 11 is 0. The molecule has 1 N–H and O–H groups in total. The summed E-state index contributed by atoms with van der Waals surface area (Å²) in [6, 6.07) is 5.46. The van der Waals surface area contributed by atoms with Gasteiger partial charge in [0, 0.05) is 6.92 Å². The van der Waals surface area contributed by atoms with Gasteiger partial charge < -0.3 is 14.6 Å². The van der Waals surface area contributed by atoms with Crippen molar-refractivity contribution < 1.29 is 61.6 Å². The summed E-state index contributed by atoms with van der Waals surface area (Å²) in [5.74, 6) is -2.89. The largest absolute Gasteiger partial charge is 1.00 e. The number of nitrogens with zero attached hydrogens (tertiary/aromatic N) is 1. The topological polar surface area (TPSA) is 133 Å². The van der Waals surface area contributed by atoms with Crippen LogP contribution >= 0.6 is 0 Å². The molecule has 2 unspecified atom stereocenters. The molecule has 2 aliphatic carbocycles. The van der Waals surface area contributed by atoms with Gasteiger partial charge in [-0.05, 0) is 17.2 Å². The van der Waals surface area contributed by atoms with Crippen LogP contribution in [0, 0.1) is 0 Å². The van der Waals surface area contributed by atoms with Crippen LogP contribution in [0.2, 0.25) is 0 Å². The fraction of sp³-hybridized carbons (Fsp3) is 0.308. The van der Waals surface area contributed by atoms with E-state index in [-0.39, 0.29) is 33.9 Å². The number of benzene rings is 1. The second-order valence-electron chi connectivity index (χ2n) is 4.82. The van der Waals surface area contributed by atoms with Crippen LogP contribution in [0.15, 0.2) is 24.3 Å². The Balaban J connectivity index is 0.000000338. The molecule has 0 aromatic rings. The minimum Gasteiger partial charge on any atom is -0.731 e. The van der Waals surface area contributed by atoms with Crippen molar-refractivity contribution in [3.05, 3.63) is 24.3 Å². The van der Waals surface area contributed by atoms with Crippen molar-refractivity contribution in [2.24, 2.45) is 0 Å². The average molecular weight is 364 g/mol. The van der Waals surface area contributed by atoms with E-state index in [2.05, 4.69) is 34.3 Å². The molecule has 0 radical (unpaired) electrons. The maximum absolute atomic E-state index is 11.3. The summed E-state index contributed by atoms with van der Waals surface area (Å²) in [7, 11) is -4.14. The monoisotopic (exact) mass is 364 g/mol. The van der Waals surface area contributed by atoms with E-state index in [1.54, 1.807) is 0 Å². The van der Waals surface area contributed by atoms with Crippen molar-refractivity contribution in [3.8, 4) is 11.1 Å². The molecule has 11 heteroatoms. The number of amides is 2. The van der Waals surface area contributed by atoms with Gasteiger partial charge in [-0.25, -0.2) is 17.5 Å². The molecule has 1 saturated heterocycles. The number of carbonyl (C=O) groups is 3. The van der Waals surface area contributed by atoms with Gasteiger partial charge in [-0.15, -0.1) is 0 Å². The Kier molecular flexibility index (Phi) is 6.53. The quantitative estimate of drug-likeness (QED) is 0.254. The third kappa shape index (κ3) is 4.33. The molecule has 0 aromatic heterocycles. The van der Waals surface area contributed by atoms with Crippen LogP contribution in [0.5, 0.6) is 0 Å². The van der Waals surface area contributed by atoms with Gasteiger partial charge in [-0.1, -0.05) is 18.2 Å². The first-order chi connectivity index (χ1) is 10.7. The van der Waals surface area contributed by atoms with Gasteiger partial charge >= 0.3 is 35.5 Å². The number of nitrogens with one attached hydrogen (secondary N) is 1. The molecule has 1 aliphatic heterocycles. The van der Waals surface area contributed by atoms with Gasteiger partial charge in [0.25, 0.3) is 5.91 Å². The fourth-order valence-corrected chi connectivity index (χ4v) is 2.92. The first kappa shape index (κ1) is 20.6. The third-order valence-corrected chi connectivity index (χ3v) is 4.10. The normalized spacial score (nSPS) is 19.8. The molecule has 9 nitrogen and oxygen atoms in total. The summed E-state index contributed by atoms with van der Waals surface area (Å²) < 4.78 is 36.2. The van der Waals surface area contributed by atoms with Gasteiger partial charge in [-0.2, -0.15) is 0 Å². The van der Waals surface area contributed by atoms with Gasteiger partial charge in [-0.3, -0.25) is 9.59 Å². The number of carbonyl (C=O) groups excluding carboxylic acids is 3. The van der Waals surface area contributed by atoms with E-state index < -0.39 is 40.2 Å². The number of esters is 1. The maximum atomic E-state index is 11.3. The molecule has 0 saturated carbocycles. The van der Waals surface area contributed by atoms with Crippen molar-refractivity contribution in [3.63, 3.8) is 0 Å². The molecule has 3 aliphatic rings. The van der Waals surface area contributed by atoms with Crippen LogP contribution in [-0.4, -0.2) is 54.3 Å². The van der Waals surface area contributed by atoms with Gasteiger partial charge in [0.15, 0.2) is 16.3 Å². The van der Waals surface area contributed by atoms with Crippen LogP contribution in [0.4, 0.5) is 0 Å². The first-order valence-electron chi connectivity index (χ1n) is 6.41. The molecule has 124 valence electrons. The third-order valence-electron chi connectivity index (χ3n) is 3.21. The maximum Gasteiger partial charge on any atom is 1.00 e. The average Bonchev–Trinajstić information content (AvgIpc) is 3.06. The fourth-order valence-electron chi connectivity index (χ4n) is 2.10. The first-order valence-corrected chi connectivity index (χ1v) is 7.77. The summed E-state index contributed by atoms with van der Waals surface area (Å²) in [5.41, 5.74) is 2.85. The minimum atomic E-state index is -5.11. The van der Waals surface area contributed by atoms with Crippen molar-refractivity contribution in [1.29, 1.82) is 0 Å². The summed E-state index contributed by atoms with van der Waals surface area (Å²) in [6.45, 7) is 1.08. The van der Waals surface area contributed by atoms with Crippen molar-refractivity contribution in [2.75, 3.05) is 7.11 Å². The molecule has 24 heavy (non-hydrogen) atoms. The number of rotatable bonds is 3. The van der Waals surface area contributed by atoms with Crippen LogP contribution in [0.1, 0.15) is 6.92 Å². The second kappa shape index (κ2) is 7.62. The molecule has 2 atom stereocenters. The summed E-state index contributed by atoms with van der Waals surface area (Å²) in [6.07, 6.45) is 0. The predicted molar refractivity (Wildman–Crippen MR) is 75.4 cm³/mol. The zero-order valence-electron chi connectivity index (χ0n) is 13.2. The summed E-state index contributed by atoms with van der Waals surface area (Å²) in [5, 5.41) is 2.06. The SMILES string of the molecule is COC(=O)C1C(NC(C)=O)C(=O)N1S(=O)(=O)[O-].[Na+].c1cc2cc-2c1. The van der Waals surface area contributed by atoms with E-state index >= 15 is 0 Å². The van der Waals surface area contributed by atoms with Crippen LogP contribution in [0.25, 0.3) is 11.1 Å².